The molecular weight excluding hydrogens is 428 g/mol. The third-order valence-corrected chi connectivity index (χ3v) is 5.20. The zero-order valence-corrected chi connectivity index (χ0v) is 20.1. The standard InChI is InChI=1S/C23H32N4O4S/c1-15(2)11-24-20(28)10-18-14-32-23(25-18)26-21(29)13-27(12-16(3)4)22(30)17-6-8-19(31-5)9-7-17/h6-9,14-16H,10-13H2,1-5H3,(H,24,28)(H,25,26,29). The second kappa shape index (κ2) is 12.2. The minimum Gasteiger partial charge on any atom is -0.497 e. The molecule has 174 valence electrons. The fraction of sp³-hybridized carbons (Fsp3) is 0.478. The normalized spacial score (nSPS) is 10.8. The Kier molecular flexibility index (Phi) is 9.64. The first-order chi connectivity index (χ1) is 15.2. The van der Waals surface area contributed by atoms with Crippen LogP contribution >= 0.6 is 11.3 Å². The molecular formula is C23H32N4O4S. The van der Waals surface area contributed by atoms with Crippen molar-refractivity contribution in [2.24, 2.45) is 11.8 Å². The van der Waals surface area contributed by atoms with Gasteiger partial charge < -0.3 is 20.3 Å². The molecule has 1 aromatic carbocycles. The molecule has 9 heteroatoms. The number of nitrogens with zero attached hydrogens (tertiary/aromatic N) is 2. The van der Waals surface area contributed by atoms with Crippen LogP contribution in [0, 0.1) is 11.8 Å². The Morgan fingerprint density at radius 1 is 1.06 bits per heavy atom. The van der Waals surface area contributed by atoms with E-state index in [4.69, 9.17) is 4.74 Å². The molecule has 0 aliphatic rings. The van der Waals surface area contributed by atoms with Crippen molar-refractivity contribution in [2.75, 3.05) is 32.1 Å². The molecule has 32 heavy (non-hydrogen) atoms. The predicted molar refractivity (Wildman–Crippen MR) is 126 cm³/mol. The lowest BCUT2D eigenvalue weighted by Gasteiger charge is -2.24. The fourth-order valence-electron chi connectivity index (χ4n) is 2.90. The summed E-state index contributed by atoms with van der Waals surface area (Å²) in [5.41, 5.74) is 1.09. The van der Waals surface area contributed by atoms with Gasteiger partial charge in [0, 0.05) is 24.0 Å². The van der Waals surface area contributed by atoms with E-state index >= 15 is 0 Å². The summed E-state index contributed by atoms with van der Waals surface area (Å²) in [6, 6.07) is 6.80. The molecule has 0 bridgehead atoms. The van der Waals surface area contributed by atoms with Crippen molar-refractivity contribution in [3.63, 3.8) is 0 Å². The topological polar surface area (TPSA) is 101 Å². The summed E-state index contributed by atoms with van der Waals surface area (Å²) >= 11 is 1.25. The van der Waals surface area contributed by atoms with Crippen LogP contribution in [0.2, 0.25) is 0 Å². The highest BCUT2D eigenvalue weighted by atomic mass is 32.1. The Morgan fingerprint density at radius 2 is 1.75 bits per heavy atom. The zero-order valence-electron chi connectivity index (χ0n) is 19.3. The van der Waals surface area contributed by atoms with Gasteiger partial charge in [-0.2, -0.15) is 0 Å². The van der Waals surface area contributed by atoms with Crippen LogP contribution < -0.4 is 15.4 Å². The Bertz CT molecular complexity index is 909. The summed E-state index contributed by atoms with van der Waals surface area (Å²) in [5.74, 6) is 0.567. The lowest BCUT2D eigenvalue weighted by molar-refractivity contribution is -0.120. The highest BCUT2D eigenvalue weighted by Crippen LogP contribution is 2.17. The average molecular weight is 461 g/mol. The van der Waals surface area contributed by atoms with E-state index < -0.39 is 0 Å². The molecule has 0 aliphatic heterocycles. The van der Waals surface area contributed by atoms with Gasteiger partial charge in [-0.1, -0.05) is 27.7 Å². The molecule has 0 saturated carbocycles. The average Bonchev–Trinajstić information content (AvgIpc) is 3.17. The quantitative estimate of drug-likeness (QED) is 0.536. The van der Waals surface area contributed by atoms with Crippen LogP contribution in [-0.2, 0) is 16.0 Å². The van der Waals surface area contributed by atoms with Crippen LogP contribution in [0.3, 0.4) is 0 Å². The van der Waals surface area contributed by atoms with Gasteiger partial charge in [0.25, 0.3) is 5.91 Å². The number of carbonyl (C=O) groups excluding carboxylic acids is 3. The molecule has 2 aromatic rings. The molecule has 3 amide bonds. The summed E-state index contributed by atoms with van der Waals surface area (Å²) in [4.78, 5) is 43.4. The van der Waals surface area contributed by atoms with E-state index in [1.54, 1.807) is 36.8 Å². The first-order valence-corrected chi connectivity index (χ1v) is 11.5. The fourth-order valence-corrected chi connectivity index (χ4v) is 3.63. The Balaban J connectivity index is 1.97. The molecule has 0 unspecified atom stereocenters. The molecule has 0 aliphatic carbocycles. The van der Waals surface area contributed by atoms with Crippen LogP contribution in [-0.4, -0.2) is 54.3 Å². The van der Waals surface area contributed by atoms with E-state index in [1.807, 2.05) is 27.7 Å². The highest BCUT2D eigenvalue weighted by molar-refractivity contribution is 7.13. The van der Waals surface area contributed by atoms with Crippen molar-refractivity contribution in [3.05, 3.63) is 40.9 Å². The molecule has 2 rings (SSSR count). The van der Waals surface area contributed by atoms with Crippen molar-refractivity contribution in [1.82, 2.24) is 15.2 Å². The summed E-state index contributed by atoms with van der Waals surface area (Å²) in [6.07, 6.45) is 0.161. The minimum absolute atomic E-state index is 0.0904. The summed E-state index contributed by atoms with van der Waals surface area (Å²) in [7, 11) is 1.56. The first-order valence-electron chi connectivity index (χ1n) is 10.6. The van der Waals surface area contributed by atoms with E-state index in [0.717, 1.165) is 0 Å². The Hall–Kier alpha value is -2.94. The largest absolute Gasteiger partial charge is 0.497 e. The summed E-state index contributed by atoms with van der Waals surface area (Å²) < 4.78 is 5.13. The molecule has 0 spiro atoms. The van der Waals surface area contributed by atoms with Crippen LogP contribution in [0.5, 0.6) is 5.75 Å². The number of aromatic nitrogens is 1. The number of anilines is 1. The number of hydrogen-bond donors (Lipinski definition) is 2. The van der Waals surface area contributed by atoms with Gasteiger partial charge in [0.15, 0.2) is 5.13 Å². The number of hydrogen-bond acceptors (Lipinski definition) is 6. The summed E-state index contributed by atoms with van der Waals surface area (Å²) in [5, 5.41) is 7.74. The second-order valence-corrected chi connectivity index (χ2v) is 9.23. The molecule has 1 heterocycles. The third-order valence-electron chi connectivity index (χ3n) is 4.39. The van der Waals surface area contributed by atoms with Gasteiger partial charge in [0.05, 0.1) is 19.2 Å². The Morgan fingerprint density at radius 3 is 2.34 bits per heavy atom. The zero-order chi connectivity index (χ0) is 23.7. The monoisotopic (exact) mass is 460 g/mol. The first kappa shape index (κ1) is 25.3. The van der Waals surface area contributed by atoms with Crippen molar-refractivity contribution in [2.45, 2.75) is 34.1 Å². The lowest BCUT2D eigenvalue weighted by atomic mass is 10.1. The lowest BCUT2D eigenvalue weighted by Crippen LogP contribution is -2.40. The van der Waals surface area contributed by atoms with Gasteiger partial charge in [-0.3, -0.25) is 14.4 Å². The molecule has 0 saturated heterocycles. The van der Waals surface area contributed by atoms with E-state index in [2.05, 4.69) is 15.6 Å². The molecule has 0 radical (unpaired) electrons. The smallest absolute Gasteiger partial charge is 0.254 e. The number of ether oxygens (including phenoxy) is 1. The van der Waals surface area contributed by atoms with Crippen molar-refractivity contribution in [3.8, 4) is 5.75 Å². The predicted octanol–water partition coefficient (Wildman–Crippen LogP) is 3.20. The van der Waals surface area contributed by atoms with Gasteiger partial charge in [0.1, 0.15) is 12.3 Å². The van der Waals surface area contributed by atoms with Crippen LogP contribution in [0.15, 0.2) is 29.6 Å². The van der Waals surface area contributed by atoms with Crippen LogP contribution in [0.4, 0.5) is 5.13 Å². The Labute approximate surface area is 193 Å². The van der Waals surface area contributed by atoms with Crippen LogP contribution in [0.25, 0.3) is 0 Å². The number of benzene rings is 1. The molecule has 2 N–H and O–H groups in total. The van der Waals surface area contributed by atoms with E-state index in [9.17, 15) is 14.4 Å². The minimum atomic E-state index is -0.335. The van der Waals surface area contributed by atoms with E-state index in [-0.39, 0.29) is 36.6 Å². The third kappa shape index (κ3) is 8.30. The van der Waals surface area contributed by atoms with Gasteiger partial charge >= 0.3 is 0 Å². The highest BCUT2D eigenvalue weighted by Gasteiger charge is 2.21. The van der Waals surface area contributed by atoms with Gasteiger partial charge in [0.2, 0.25) is 11.8 Å². The van der Waals surface area contributed by atoms with E-state index in [0.29, 0.717) is 41.1 Å². The number of carbonyl (C=O) groups is 3. The number of amides is 3. The number of thiazole rings is 1. The maximum absolute atomic E-state index is 13.0. The van der Waals surface area contributed by atoms with Crippen molar-refractivity contribution >= 4 is 34.2 Å². The maximum Gasteiger partial charge on any atom is 0.254 e. The van der Waals surface area contributed by atoms with E-state index in [1.165, 1.54) is 16.2 Å². The van der Waals surface area contributed by atoms with Gasteiger partial charge in [-0.15, -0.1) is 11.3 Å². The summed E-state index contributed by atoms with van der Waals surface area (Å²) in [6.45, 7) is 9.00. The second-order valence-electron chi connectivity index (χ2n) is 8.37. The number of nitrogens with one attached hydrogen (secondary N) is 2. The molecule has 0 fully saturated rings. The van der Waals surface area contributed by atoms with Crippen LogP contribution in [0.1, 0.15) is 43.7 Å². The number of methoxy groups -OCH3 is 1. The molecule has 1 aromatic heterocycles. The maximum atomic E-state index is 13.0. The molecule has 0 atom stereocenters. The van der Waals surface area contributed by atoms with Crippen molar-refractivity contribution < 1.29 is 19.1 Å². The molecule has 8 nitrogen and oxygen atoms in total. The van der Waals surface area contributed by atoms with Gasteiger partial charge in [-0.25, -0.2) is 4.98 Å². The SMILES string of the molecule is COc1ccc(C(=O)N(CC(=O)Nc2nc(CC(=O)NCC(C)C)cs2)CC(C)C)cc1. The van der Waals surface area contributed by atoms with Crippen molar-refractivity contribution in [1.29, 1.82) is 0 Å². The number of rotatable bonds is 11. The van der Waals surface area contributed by atoms with Gasteiger partial charge in [-0.05, 0) is 36.1 Å².